The van der Waals surface area contributed by atoms with E-state index in [-0.39, 0.29) is 11.8 Å². The average Bonchev–Trinajstić information content (AvgIpc) is 3.06. The Morgan fingerprint density at radius 2 is 2.32 bits per heavy atom. The van der Waals surface area contributed by atoms with Gasteiger partial charge in [0.15, 0.2) is 0 Å². The molecule has 0 N–H and O–H groups in total. The van der Waals surface area contributed by atoms with Crippen LogP contribution in [0.1, 0.15) is 23.8 Å². The van der Waals surface area contributed by atoms with E-state index < -0.39 is 0 Å². The first kappa shape index (κ1) is 11.7. The van der Waals surface area contributed by atoms with Gasteiger partial charge in [0.05, 0.1) is 25.0 Å². The molecule has 5 heteroatoms. The SMILES string of the molecule is COc1ccc(-c2noc(C3CC3C#N)n2)cc1C. The molecular weight excluding hydrogens is 242 g/mol. The van der Waals surface area contributed by atoms with Gasteiger partial charge in [0.1, 0.15) is 5.75 Å². The van der Waals surface area contributed by atoms with Crippen LogP contribution in [0.3, 0.4) is 0 Å². The molecule has 1 heterocycles. The maximum absolute atomic E-state index is 8.80. The van der Waals surface area contributed by atoms with Crippen molar-refractivity contribution in [2.24, 2.45) is 5.92 Å². The summed E-state index contributed by atoms with van der Waals surface area (Å²) in [7, 11) is 1.64. The summed E-state index contributed by atoms with van der Waals surface area (Å²) in [5.41, 5.74) is 1.91. The molecule has 2 unspecified atom stereocenters. The molecule has 19 heavy (non-hydrogen) atoms. The van der Waals surface area contributed by atoms with Crippen LogP contribution in [-0.4, -0.2) is 17.3 Å². The summed E-state index contributed by atoms with van der Waals surface area (Å²) in [6.07, 6.45) is 0.819. The molecule has 96 valence electrons. The molecule has 2 atom stereocenters. The number of nitriles is 1. The lowest BCUT2D eigenvalue weighted by Crippen LogP contribution is -1.89. The van der Waals surface area contributed by atoms with Crippen LogP contribution in [-0.2, 0) is 0 Å². The number of hydrogen-bond acceptors (Lipinski definition) is 5. The quantitative estimate of drug-likeness (QED) is 0.843. The Morgan fingerprint density at radius 1 is 1.47 bits per heavy atom. The van der Waals surface area contributed by atoms with Gasteiger partial charge in [-0.2, -0.15) is 10.2 Å². The Labute approximate surface area is 110 Å². The van der Waals surface area contributed by atoms with Gasteiger partial charge in [-0.3, -0.25) is 0 Å². The zero-order valence-electron chi connectivity index (χ0n) is 10.8. The second-order valence-corrected chi connectivity index (χ2v) is 4.72. The van der Waals surface area contributed by atoms with Crippen molar-refractivity contribution in [2.45, 2.75) is 19.3 Å². The summed E-state index contributed by atoms with van der Waals surface area (Å²) >= 11 is 0. The molecule has 0 amide bonds. The molecule has 0 saturated heterocycles. The van der Waals surface area contributed by atoms with Crippen molar-refractivity contribution < 1.29 is 9.26 Å². The molecule has 0 aliphatic heterocycles. The highest BCUT2D eigenvalue weighted by atomic mass is 16.5. The van der Waals surface area contributed by atoms with Crippen molar-refractivity contribution in [3.05, 3.63) is 29.7 Å². The summed E-state index contributed by atoms with van der Waals surface area (Å²) in [4.78, 5) is 4.37. The molecular formula is C14H13N3O2. The predicted molar refractivity (Wildman–Crippen MR) is 67.5 cm³/mol. The van der Waals surface area contributed by atoms with E-state index in [1.54, 1.807) is 7.11 Å². The predicted octanol–water partition coefficient (Wildman–Crippen LogP) is 2.68. The van der Waals surface area contributed by atoms with Crippen molar-refractivity contribution in [3.63, 3.8) is 0 Å². The minimum atomic E-state index is 0.0332. The summed E-state index contributed by atoms with van der Waals surface area (Å²) < 4.78 is 10.4. The Hall–Kier alpha value is -2.35. The third kappa shape index (κ3) is 2.06. The third-order valence-corrected chi connectivity index (χ3v) is 3.37. The van der Waals surface area contributed by atoms with Gasteiger partial charge in [-0.25, -0.2) is 0 Å². The number of hydrogen-bond donors (Lipinski definition) is 0. The van der Waals surface area contributed by atoms with Crippen LogP contribution >= 0.6 is 0 Å². The molecule has 0 bridgehead atoms. The average molecular weight is 255 g/mol. The van der Waals surface area contributed by atoms with E-state index in [1.807, 2.05) is 25.1 Å². The van der Waals surface area contributed by atoms with Gasteiger partial charge in [0.2, 0.25) is 11.7 Å². The van der Waals surface area contributed by atoms with Crippen LogP contribution in [0.15, 0.2) is 22.7 Å². The zero-order valence-corrected chi connectivity index (χ0v) is 10.8. The standard InChI is InChI=1S/C14H13N3O2/c1-8-5-9(3-4-12(8)18-2)13-16-14(19-17-13)11-6-10(11)7-15/h3-5,10-11H,6H2,1-2H3. The van der Waals surface area contributed by atoms with E-state index in [4.69, 9.17) is 14.5 Å². The van der Waals surface area contributed by atoms with Crippen LogP contribution in [0.4, 0.5) is 0 Å². The topological polar surface area (TPSA) is 71.9 Å². The fourth-order valence-electron chi connectivity index (χ4n) is 2.13. The lowest BCUT2D eigenvalue weighted by molar-refractivity contribution is 0.378. The highest BCUT2D eigenvalue weighted by molar-refractivity contribution is 5.58. The van der Waals surface area contributed by atoms with Gasteiger partial charge in [-0.05, 0) is 37.1 Å². The fraction of sp³-hybridized carbons (Fsp3) is 0.357. The summed E-state index contributed by atoms with van der Waals surface area (Å²) in [5, 5.41) is 12.8. The first-order valence-electron chi connectivity index (χ1n) is 6.11. The van der Waals surface area contributed by atoms with Crippen LogP contribution in [0.5, 0.6) is 5.75 Å². The van der Waals surface area contributed by atoms with Crippen molar-refractivity contribution in [1.29, 1.82) is 5.26 Å². The molecule has 2 aromatic rings. The van der Waals surface area contributed by atoms with E-state index in [2.05, 4.69) is 16.2 Å². The first-order chi connectivity index (χ1) is 9.22. The van der Waals surface area contributed by atoms with Crippen LogP contribution in [0.2, 0.25) is 0 Å². The number of rotatable bonds is 3. The molecule has 0 spiro atoms. The molecule has 1 fully saturated rings. The van der Waals surface area contributed by atoms with Gasteiger partial charge < -0.3 is 9.26 Å². The smallest absolute Gasteiger partial charge is 0.231 e. The van der Waals surface area contributed by atoms with Gasteiger partial charge >= 0.3 is 0 Å². The maximum atomic E-state index is 8.80. The first-order valence-corrected chi connectivity index (χ1v) is 6.11. The second kappa shape index (κ2) is 4.39. The lowest BCUT2D eigenvalue weighted by atomic mass is 10.1. The Kier molecular flexibility index (Phi) is 2.71. The van der Waals surface area contributed by atoms with E-state index in [0.29, 0.717) is 11.7 Å². The van der Waals surface area contributed by atoms with Crippen LogP contribution < -0.4 is 4.74 Å². The normalized spacial score (nSPS) is 20.9. The number of methoxy groups -OCH3 is 1. The van der Waals surface area contributed by atoms with E-state index in [9.17, 15) is 0 Å². The van der Waals surface area contributed by atoms with Gasteiger partial charge in [-0.15, -0.1) is 0 Å². The summed E-state index contributed by atoms with van der Waals surface area (Å²) in [6, 6.07) is 7.96. The number of ether oxygens (including phenoxy) is 1. The van der Waals surface area contributed by atoms with Crippen molar-refractivity contribution in [3.8, 4) is 23.2 Å². The largest absolute Gasteiger partial charge is 0.496 e. The number of nitrogens with zero attached hydrogens (tertiary/aromatic N) is 3. The molecule has 5 nitrogen and oxygen atoms in total. The van der Waals surface area contributed by atoms with E-state index in [0.717, 1.165) is 23.3 Å². The monoisotopic (exact) mass is 255 g/mol. The molecule has 1 aliphatic rings. The maximum Gasteiger partial charge on any atom is 0.231 e. The minimum absolute atomic E-state index is 0.0332. The van der Waals surface area contributed by atoms with Crippen LogP contribution in [0.25, 0.3) is 11.4 Å². The summed E-state index contributed by atoms with van der Waals surface area (Å²) in [6.45, 7) is 1.97. The molecule has 3 rings (SSSR count). The van der Waals surface area contributed by atoms with Crippen molar-refractivity contribution >= 4 is 0 Å². The molecule has 0 radical (unpaired) electrons. The highest BCUT2D eigenvalue weighted by Gasteiger charge is 2.43. The Bertz CT molecular complexity index is 657. The Morgan fingerprint density at radius 3 is 2.95 bits per heavy atom. The van der Waals surface area contributed by atoms with E-state index in [1.165, 1.54) is 0 Å². The number of benzene rings is 1. The molecule has 1 aliphatic carbocycles. The van der Waals surface area contributed by atoms with Crippen molar-refractivity contribution in [2.75, 3.05) is 7.11 Å². The summed E-state index contributed by atoms with van der Waals surface area (Å²) in [5.74, 6) is 2.11. The zero-order chi connectivity index (χ0) is 13.4. The van der Waals surface area contributed by atoms with Crippen molar-refractivity contribution in [1.82, 2.24) is 10.1 Å². The Balaban J connectivity index is 1.87. The van der Waals surface area contributed by atoms with Gasteiger partial charge in [0, 0.05) is 5.56 Å². The third-order valence-electron chi connectivity index (χ3n) is 3.37. The second-order valence-electron chi connectivity index (χ2n) is 4.72. The number of aromatic nitrogens is 2. The molecule has 1 aromatic heterocycles. The molecule has 1 aromatic carbocycles. The van der Waals surface area contributed by atoms with Crippen LogP contribution in [0, 0.1) is 24.2 Å². The van der Waals surface area contributed by atoms with Gasteiger partial charge in [-0.1, -0.05) is 5.16 Å². The molecule has 1 saturated carbocycles. The van der Waals surface area contributed by atoms with E-state index >= 15 is 0 Å². The fourth-order valence-corrected chi connectivity index (χ4v) is 2.13. The highest BCUT2D eigenvalue weighted by Crippen LogP contribution is 2.46. The van der Waals surface area contributed by atoms with Gasteiger partial charge in [0.25, 0.3) is 0 Å². The minimum Gasteiger partial charge on any atom is -0.496 e. The lowest BCUT2D eigenvalue weighted by Gasteiger charge is -2.04. The number of aryl methyl sites for hydroxylation is 1.